The number of nitrogens with two attached hydrogens (primary N) is 1. The smallest absolute Gasteiger partial charge is 0.222 e. The van der Waals surface area contributed by atoms with Gasteiger partial charge in [-0.05, 0) is 0 Å². The molecular formula is C5H6ClN5. The summed E-state index contributed by atoms with van der Waals surface area (Å²) in [5.41, 5.74) is 5.99. The number of fused-ring (bicyclic) bond motifs is 1. The fourth-order valence-corrected chi connectivity index (χ4v) is 0.752. The van der Waals surface area contributed by atoms with Crippen molar-refractivity contribution in [3.8, 4) is 0 Å². The first-order valence-electron chi connectivity index (χ1n) is 2.78. The van der Waals surface area contributed by atoms with Crippen LogP contribution >= 0.6 is 12.4 Å². The third kappa shape index (κ3) is 1.22. The lowest BCUT2D eigenvalue weighted by atomic mass is 10.4. The van der Waals surface area contributed by atoms with Gasteiger partial charge in [0.1, 0.15) is 0 Å². The summed E-state index contributed by atoms with van der Waals surface area (Å²) in [4.78, 5) is 7.67. The summed E-state index contributed by atoms with van der Waals surface area (Å²) in [6, 6.07) is 0. The van der Waals surface area contributed by atoms with Crippen LogP contribution in [0.3, 0.4) is 0 Å². The van der Waals surface area contributed by atoms with Crippen LogP contribution in [0.15, 0.2) is 12.4 Å². The number of rotatable bonds is 0. The van der Waals surface area contributed by atoms with Crippen molar-refractivity contribution >= 4 is 29.4 Å². The van der Waals surface area contributed by atoms with Crippen molar-refractivity contribution in [3.63, 3.8) is 0 Å². The van der Waals surface area contributed by atoms with E-state index in [9.17, 15) is 0 Å². The molecule has 0 aliphatic carbocycles. The summed E-state index contributed by atoms with van der Waals surface area (Å²) in [6.45, 7) is 0. The van der Waals surface area contributed by atoms with Crippen LogP contribution in [0, 0.1) is 0 Å². The lowest BCUT2D eigenvalue weighted by Gasteiger charge is -1.87. The molecule has 5 nitrogen and oxygen atoms in total. The highest BCUT2D eigenvalue weighted by molar-refractivity contribution is 5.85. The molecule has 0 bridgehead atoms. The molecule has 0 aromatic carbocycles. The summed E-state index contributed by atoms with van der Waals surface area (Å²) >= 11 is 0. The van der Waals surface area contributed by atoms with E-state index in [4.69, 9.17) is 5.73 Å². The molecule has 0 amide bonds. The molecule has 2 heterocycles. The Morgan fingerprint density at radius 2 is 2.18 bits per heavy atom. The van der Waals surface area contributed by atoms with Crippen LogP contribution in [-0.4, -0.2) is 20.2 Å². The second-order valence-corrected chi connectivity index (χ2v) is 1.90. The number of nitrogen functional groups attached to an aromatic ring is 1. The number of aromatic amines is 1. The van der Waals surface area contributed by atoms with E-state index in [1.165, 1.54) is 0 Å². The van der Waals surface area contributed by atoms with Gasteiger partial charge in [-0.1, -0.05) is 0 Å². The topological polar surface area (TPSA) is 80.5 Å². The second-order valence-electron chi connectivity index (χ2n) is 1.90. The maximum absolute atomic E-state index is 5.31. The van der Waals surface area contributed by atoms with Gasteiger partial charge >= 0.3 is 0 Å². The number of nitrogens with one attached hydrogen (secondary N) is 1. The molecule has 0 spiro atoms. The zero-order valence-electron chi connectivity index (χ0n) is 5.48. The summed E-state index contributed by atoms with van der Waals surface area (Å²) in [5, 5.41) is 7.31. The highest BCUT2D eigenvalue weighted by atomic mass is 35.5. The van der Waals surface area contributed by atoms with Gasteiger partial charge in [0.25, 0.3) is 0 Å². The maximum atomic E-state index is 5.31. The van der Waals surface area contributed by atoms with E-state index in [1.807, 2.05) is 0 Å². The van der Waals surface area contributed by atoms with Crippen LogP contribution in [0.4, 0.5) is 5.95 Å². The van der Waals surface area contributed by atoms with Gasteiger partial charge in [0.05, 0.1) is 11.6 Å². The van der Waals surface area contributed by atoms with Gasteiger partial charge in [-0.15, -0.1) is 12.4 Å². The number of hydrogen-bond acceptors (Lipinski definition) is 4. The van der Waals surface area contributed by atoms with Gasteiger partial charge in [0.15, 0.2) is 5.65 Å². The molecular weight excluding hydrogens is 166 g/mol. The normalized spacial score (nSPS) is 9.45. The van der Waals surface area contributed by atoms with Crippen molar-refractivity contribution in [2.24, 2.45) is 0 Å². The van der Waals surface area contributed by atoms with E-state index in [2.05, 4.69) is 20.2 Å². The van der Waals surface area contributed by atoms with Gasteiger partial charge in [-0.2, -0.15) is 10.1 Å². The predicted octanol–water partition coefficient (Wildman–Crippen LogP) is 0.357. The molecule has 3 N–H and O–H groups in total. The van der Waals surface area contributed by atoms with Gasteiger partial charge in [-0.3, -0.25) is 5.10 Å². The zero-order valence-corrected chi connectivity index (χ0v) is 6.30. The summed E-state index contributed by atoms with van der Waals surface area (Å²) in [6.07, 6.45) is 3.27. The van der Waals surface area contributed by atoms with Crippen LogP contribution in [-0.2, 0) is 0 Å². The van der Waals surface area contributed by atoms with Gasteiger partial charge in [0, 0.05) is 6.20 Å². The van der Waals surface area contributed by atoms with Crippen molar-refractivity contribution in [2.45, 2.75) is 0 Å². The number of hydrogen-bond donors (Lipinski definition) is 2. The molecule has 0 aliphatic heterocycles. The first kappa shape index (κ1) is 7.74. The van der Waals surface area contributed by atoms with Crippen LogP contribution in [0.5, 0.6) is 0 Å². The Morgan fingerprint density at radius 1 is 1.36 bits per heavy atom. The molecule has 6 heteroatoms. The van der Waals surface area contributed by atoms with E-state index in [0.717, 1.165) is 5.39 Å². The average Bonchev–Trinajstić information content (AvgIpc) is 2.33. The molecule has 0 saturated carbocycles. The fraction of sp³-hybridized carbons (Fsp3) is 0. The van der Waals surface area contributed by atoms with Crippen molar-refractivity contribution in [1.82, 2.24) is 20.2 Å². The molecule has 11 heavy (non-hydrogen) atoms. The lowest BCUT2D eigenvalue weighted by molar-refractivity contribution is 1.09. The van der Waals surface area contributed by atoms with E-state index >= 15 is 0 Å². The molecule has 0 unspecified atom stereocenters. The molecule has 2 aromatic rings. The summed E-state index contributed by atoms with van der Waals surface area (Å²) < 4.78 is 0. The Balaban J connectivity index is 0.000000605. The summed E-state index contributed by atoms with van der Waals surface area (Å²) in [7, 11) is 0. The number of halogens is 1. The van der Waals surface area contributed by atoms with E-state index in [-0.39, 0.29) is 18.4 Å². The monoisotopic (exact) mass is 171 g/mol. The molecule has 0 radical (unpaired) electrons. The Morgan fingerprint density at radius 3 is 3.00 bits per heavy atom. The Hall–Kier alpha value is -1.36. The third-order valence-corrected chi connectivity index (χ3v) is 1.21. The number of H-pyrrole nitrogens is 1. The third-order valence-electron chi connectivity index (χ3n) is 1.21. The quantitative estimate of drug-likeness (QED) is 0.600. The van der Waals surface area contributed by atoms with Crippen molar-refractivity contribution < 1.29 is 0 Å². The van der Waals surface area contributed by atoms with Crippen LogP contribution < -0.4 is 5.73 Å². The Labute approximate surface area is 68.4 Å². The SMILES string of the molecule is Cl.Nc1ncc2cn[nH]c2n1. The molecule has 0 saturated heterocycles. The van der Waals surface area contributed by atoms with E-state index in [1.54, 1.807) is 12.4 Å². The van der Waals surface area contributed by atoms with Gasteiger partial charge in [0.2, 0.25) is 5.95 Å². The van der Waals surface area contributed by atoms with Crippen LogP contribution in [0.1, 0.15) is 0 Å². The minimum atomic E-state index is 0. The fourth-order valence-electron chi connectivity index (χ4n) is 0.752. The minimum absolute atomic E-state index is 0. The molecule has 0 atom stereocenters. The highest BCUT2D eigenvalue weighted by Gasteiger charge is 1.95. The number of aromatic nitrogens is 4. The standard InChI is InChI=1S/C5H5N5.ClH/c6-5-7-1-3-2-8-10-4(3)9-5;/h1-2H,(H3,6,7,8,9,10);1H. The molecule has 58 valence electrons. The first-order chi connectivity index (χ1) is 4.86. The van der Waals surface area contributed by atoms with Crippen LogP contribution in [0.25, 0.3) is 11.0 Å². The Kier molecular flexibility index (Phi) is 1.91. The largest absolute Gasteiger partial charge is 0.368 e. The average molecular weight is 172 g/mol. The number of anilines is 1. The van der Waals surface area contributed by atoms with Crippen molar-refractivity contribution in [1.29, 1.82) is 0 Å². The van der Waals surface area contributed by atoms with Crippen molar-refractivity contribution in [2.75, 3.05) is 5.73 Å². The van der Waals surface area contributed by atoms with Crippen LogP contribution in [0.2, 0.25) is 0 Å². The minimum Gasteiger partial charge on any atom is -0.368 e. The highest BCUT2D eigenvalue weighted by Crippen LogP contribution is 2.05. The van der Waals surface area contributed by atoms with Gasteiger partial charge < -0.3 is 5.73 Å². The zero-order chi connectivity index (χ0) is 6.97. The molecule has 2 aromatic heterocycles. The molecule has 2 rings (SSSR count). The molecule has 0 aliphatic rings. The van der Waals surface area contributed by atoms with E-state index in [0.29, 0.717) is 5.65 Å². The summed E-state index contributed by atoms with van der Waals surface area (Å²) in [5.74, 6) is 0.261. The molecule has 0 fully saturated rings. The lowest BCUT2D eigenvalue weighted by Crippen LogP contribution is -1.92. The van der Waals surface area contributed by atoms with Gasteiger partial charge in [-0.25, -0.2) is 4.98 Å². The predicted molar refractivity (Wildman–Crippen MR) is 43.3 cm³/mol. The van der Waals surface area contributed by atoms with E-state index < -0.39 is 0 Å². The number of nitrogens with zero attached hydrogens (tertiary/aromatic N) is 3. The maximum Gasteiger partial charge on any atom is 0.222 e. The second kappa shape index (κ2) is 2.71. The Bertz CT molecular complexity index is 356. The first-order valence-corrected chi connectivity index (χ1v) is 2.78. The van der Waals surface area contributed by atoms with Crippen molar-refractivity contribution in [3.05, 3.63) is 12.4 Å².